The number of benzene rings is 2. The van der Waals surface area contributed by atoms with Gasteiger partial charge in [0, 0.05) is 23.3 Å². The number of H-pyrrole nitrogens is 2. The van der Waals surface area contributed by atoms with Gasteiger partial charge in [-0.15, -0.1) is 0 Å². The molecule has 0 radical (unpaired) electrons. The van der Waals surface area contributed by atoms with Crippen molar-refractivity contribution in [1.82, 2.24) is 10.2 Å². The fraction of sp³-hybridized carbons (Fsp3) is 0.308. The number of rotatable bonds is 6. The normalized spacial score (nSPS) is 18.9. The minimum Gasteiger partial charge on any atom is -0.497 e. The molecule has 5 rings (SSSR count). The van der Waals surface area contributed by atoms with Gasteiger partial charge in [0.15, 0.2) is 17.3 Å². The largest absolute Gasteiger partial charge is 0.497 e. The second-order valence-corrected chi connectivity index (χ2v) is 8.57. The first kappa shape index (κ1) is 22.6. The van der Waals surface area contributed by atoms with E-state index in [0.717, 1.165) is 11.3 Å². The van der Waals surface area contributed by atoms with Crippen LogP contribution in [0.3, 0.4) is 0 Å². The first-order chi connectivity index (χ1) is 17.0. The van der Waals surface area contributed by atoms with Crippen LogP contribution < -0.4 is 29.8 Å². The number of aromatic nitrogens is 2. The van der Waals surface area contributed by atoms with E-state index in [1.807, 2.05) is 24.3 Å². The zero-order valence-corrected chi connectivity index (χ0v) is 20.0. The highest BCUT2D eigenvalue weighted by Crippen LogP contribution is 2.49. The quantitative estimate of drug-likeness (QED) is 0.496. The van der Waals surface area contributed by atoms with E-state index < -0.39 is 5.92 Å². The zero-order valence-electron chi connectivity index (χ0n) is 20.0. The lowest BCUT2D eigenvalue weighted by Crippen LogP contribution is -2.31. The molecule has 2 aliphatic rings. The highest BCUT2D eigenvalue weighted by molar-refractivity contribution is 6.01. The summed E-state index contributed by atoms with van der Waals surface area (Å²) in [5.74, 6) is 2.30. The zero-order chi connectivity index (χ0) is 24.7. The van der Waals surface area contributed by atoms with E-state index in [4.69, 9.17) is 18.9 Å². The summed E-state index contributed by atoms with van der Waals surface area (Å²) < 4.78 is 21.9. The highest BCUT2D eigenvalue weighted by atomic mass is 16.5. The fourth-order valence-corrected chi connectivity index (χ4v) is 5.14. The van der Waals surface area contributed by atoms with Gasteiger partial charge in [-0.1, -0.05) is 6.07 Å². The number of Topliss-reactive ketones (excluding diaryl/α,β-unsaturated/α-hetero) is 1. The average molecular weight is 478 g/mol. The van der Waals surface area contributed by atoms with Crippen LogP contribution in [-0.4, -0.2) is 44.4 Å². The molecule has 9 nitrogen and oxygen atoms in total. The van der Waals surface area contributed by atoms with E-state index >= 15 is 0 Å². The lowest BCUT2D eigenvalue weighted by atomic mass is 9.72. The van der Waals surface area contributed by atoms with Gasteiger partial charge < -0.3 is 24.3 Å². The molecule has 2 heterocycles. The van der Waals surface area contributed by atoms with Gasteiger partial charge in [-0.05, 0) is 48.2 Å². The van der Waals surface area contributed by atoms with Gasteiger partial charge >= 0.3 is 0 Å². The molecule has 2 atom stereocenters. The number of carbonyl (C=O) groups excluding carboxylic acids is 1. The maximum absolute atomic E-state index is 13.7. The van der Waals surface area contributed by atoms with Crippen molar-refractivity contribution in [3.05, 3.63) is 74.7 Å². The van der Waals surface area contributed by atoms with Gasteiger partial charge in [0.05, 0.1) is 39.9 Å². The number of hydrogen-bond acceptors (Lipinski definition) is 7. The summed E-state index contributed by atoms with van der Waals surface area (Å²) in [5.41, 5.74) is 3.19. The number of hydrogen-bond donors (Lipinski definition) is 3. The number of ketones is 1. The Hall–Kier alpha value is -4.14. The van der Waals surface area contributed by atoms with Gasteiger partial charge in [-0.25, -0.2) is 0 Å². The third kappa shape index (κ3) is 3.73. The summed E-state index contributed by atoms with van der Waals surface area (Å²) in [5, 5.41) is 8.89. The van der Waals surface area contributed by atoms with Crippen LogP contribution in [0.25, 0.3) is 0 Å². The fourth-order valence-electron chi connectivity index (χ4n) is 5.14. The maximum Gasteiger partial charge on any atom is 0.270 e. The summed E-state index contributed by atoms with van der Waals surface area (Å²) in [6, 6.07) is 11.1. The van der Waals surface area contributed by atoms with E-state index in [0.29, 0.717) is 58.4 Å². The molecular formula is C26H27N3O6. The molecule has 0 spiro atoms. The molecule has 9 heteroatoms. The number of anilines is 1. The molecule has 2 aromatic carbocycles. The number of carbonyl (C=O) groups is 1. The van der Waals surface area contributed by atoms with E-state index in [2.05, 4.69) is 15.5 Å². The summed E-state index contributed by atoms with van der Waals surface area (Å²) in [4.78, 5) is 26.6. The van der Waals surface area contributed by atoms with Crippen LogP contribution >= 0.6 is 0 Å². The van der Waals surface area contributed by atoms with Crippen molar-refractivity contribution in [1.29, 1.82) is 0 Å². The van der Waals surface area contributed by atoms with Crippen molar-refractivity contribution in [2.75, 3.05) is 33.8 Å². The SMILES string of the molecule is COc1ccc(OC)c([C@H]2C3=C(C[C@H](c4ccc(OC)c(OC)c4)CC3=O)Nc3[nH][nH]c(=O)c32)c1. The monoisotopic (exact) mass is 477 g/mol. The molecule has 35 heavy (non-hydrogen) atoms. The van der Waals surface area contributed by atoms with Gasteiger partial charge in [-0.3, -0.25) is 19.8 Å². The number of nitrogens with one attached hydrogen (secondary N) is 3. The Morgan fingerprint density at radius 2 is 1.54 bits per heavy atom. The molecule has 182 valence electrons. The highest BCUT2D eigenvalue weighted by Gasteiger charge is 2.41. The smallest absolute Gasteiger partial charge is 0.270 e. The van der Waals surface area contributed by atoms with E-state index in [-0.39, 0.29) is 17.3 Å². The maximum atomic E-state index is 13.7. The predicted octanol–water partition coefficient (Wildman–Crippen LogP) is 3.70. The first-order valence-corrected chi connectivity index (χ1v) is 11.3. The lowest BCUT2D eigenvalue weighted by Gasteiger charge is -2.35. The van der Waals surface area contributed by atoms with Crippen molar-refractivity contribution in [3.8, 4) is 23.0 Å². The average Bonchev–Trinajstić information content (AvgIpc) is 3.26. The summed E-state index contributed by atoms with van der Waals surface area (Å²) in [7, 11) is 6.33. The molecule has 3 N–H and O–H groups in total. The Labute approximate surface area is 202 Å². The second kappa shape index (κ2) is 8.90. The van der Waals surface area contributed by atoms with Crippen LogP contribution in [0.4, 0.5) is 5.82 Å². The van der Waals surface area contributed by atoms with Crippen molar-refractivity contribution < 1.29 is 23.7 Å². The van der Waals surface area contributed by atoms with Crippen molar-refractivity contribution >= 4 is 11.6 Å². The molecule has 0 saturated carbocycles. The molecule has 0 amide bonds. The summed E-state index contributed by atoms with van der Waals surface area (Å²) in [6.45, 7) is 0. The summed E-state index contributed by atoms with van der Waals surface area (Å²) >= 11 is 0. The molecule has 0 fully saturated rings. The molecule has 3 aromatic rings. The number of ether oxygens (including phenoxy) is 4. The van der Waals surface area contributed by atoms with E-state index in [9.17, 15) is 9.59 Å². The van der Waals surface area contributed by atoms with Crippen LogP contribution in [0.2, 0.25) is 0 Å². The Kier molecular flexibility index (Phi) is 5.76. The van der Waals surface area contributed by atoms with Gasteiger partial charge in [0.2, 0.25) is 0 Å². The van der Waals surface area contributed by atoms with Crippen LogP contribution in [0.1, 0.15) is 41.4 Å². The first-order valence-electron chi connectivity index (χ1n) is 11.3. The Bertz CT molecular complexity index is 1390. The lowest BCUT2D eigenvalue weighted by molar-refractivity contribution is -0.116. The van der Waals surface area contributed by atoms with Gasteiger partial charge in [0.25, 0.3) is 5.56 Å². The Morgan fingerprint density at radius 3 is 2.26 bits per heavy atom. The molecular weight excluding hydrogens is 450 g/mol. The molecule has 1 aliphatic heterocycles. The third-order valence-corrected chi connectivity index (χ3v) is 6.80. The van der Waals surface area contributed by atoms with Gasteiger partial charge in [-0.2, -0.15) is 0 Å². The van der Waals surface area contributed by atoms with Crippen molar-refractivity contribution in [2.45, 2.75) is 24.7 Å². The standard InChI is InChI=1S/C26H27N3O6/c1-32-15-6-8-19(33-2)16(12-15)22-23-17(27-25-24(22)26(31)29-28-25)9-14(10-18(23)30)13-5-7-20(34-3)21(11-13)35-4/h5-8,11-12,14,22H,9-10H2,1-4H3,(H3,27,28,29,31)/t14-,22-/m0/s1. The van der Waals surface area contributed by atoms with E-state index in [1.165, 1.54) is 0 Å². The van der Waals surface area contributed by atoms with Crippen LogP contribution in [0.15, 0.2) is 52.5 Å². The minimum absolute atomic E-state index is 0.0281. The molecule has 0 bridgehead atoms. The van der Waals surface area contributed by atoms with Gasteiger partial charge in [0.1, 0.15) is 17.3 Å². The van der Waals surface area contributed by atoms with E-state index in [1.54, 1.807) is 40.6 Å². The molecule has 0 unspecified atom stereocenters. The minimum atomic E-state index is -0.597. The van der Waals surface area contributed by atoms with Crippen LogP contribution in [-0.2, 0) is 4.79 Å². The second-order valence-electron chi connectivity index (χ2n) is 8.57. The number of allylic oxidation sites excluding steroid dienone is 2. The number of aromatic amines is 2. The van der Waals surface area contributed by atoms with Crippen LogP contribution in [0.5, 0.6) is 23.0 Å². The third-order valence-electron chi connectivity index (χ3n) is 6.80. The predicted molar refractivity (Wildman–Crippen MR) is 130 cm³/mol. The molecule has 1 aromatic heterocycles. The molecule has 1 aliphatic carbocycles. The van der Waals surface area contributed by atoms with Crippen molar-refractivity contribution in [3.63, 3.8) is 0 Å². The van der Waals surface area contributed by atoms with Crippen LogP contribution in [0, 0.1) is 0 Å². The topological polar surface area (TPSA) is 115 Å². The Balaban J connectivity index is 1.63. The summed E-state index contributed by atoms with van der Waals surface area (Å²) in [6.07, 6.45) is 0.891. The Morgan fingerprint density at radius 1 is 0.800 bits per heavy atom. The number of methoxy groups -OCH3 is 4. The number of fused-ring (bicyclic) bond motifs is 1. The molecule has 0 saturated heterocycles. The van der Waals surface area contributed by atoms with Crippen molar-refractivity contribution in [2.24, 2.45) is 0 Å².